The van der Waals surface area contributed by atoms with E-state index in [1.807, 2.05) is 12.4 Å². The molecule has 0 aliphatic carbocycles. The van der Waals surface area contributed by atoms with E-state index in [0.717, 1.165) is 38.2 Å². The van der Waals surface area contributed by atoms with Gasteiger partial charge in [-0.15, -0.1) is 0 Å². The molecule has 0 bridgehead atoms. The lowest BCUT2D eigenvalue weighted by Crippen LogP contribution is -2.34. The molecule has 2 aromatic heterocycles. The third kappa shape index (κ3) is 3.60. The summed E-state index contributed by atoms with van der Waals surface area (Å²) in [5.41, 5.74) is 4.80. The SMILES string of the molecule is CCCNc1ncc(CN2Cc3[nH]cnc3C(c3ccccc3)C2)cn1. The van der Waals surface area contributed by atoms with Crippen LogP contribution in [0.15, 0.2) is 49.1 Å². The fourth-order valence-electron chi connectivity index (χ4n) is 3.48. The second-order valence-corrected chi connectivity index (χ2v) is 6.74. The second kappa shape index (κ2) is 7.66. The Morgan fingerprint density at radius 3 is 2.73 bits per heavy atom. The molecular formula is C20H24N6. The molecule has 1 atom stereocenters. The Kier molecular flexibility index (Phi) is 4.93. The first-order chi connectivity index (χ1) is 12.8. The van der Waals surface area contributed by atoms with Crippen LogP contribution in [0.4, 0.5) is 5.95 Å². The fraction of sp³-hybridized carbons (Fsp3) is 0.350. The van der Waals surface area contributed by atoms with Gasteiger partial charge < -0.3 is 10.3 Å². The van der Waals surface area contributed by atoms with Gasteiger partial charge in [-0.3, -0.25) is 4.90 Å². The minimum absolute atomic E-state index is 0.289. The molecule has 0 amide bonds. The van der Waals surface area contributed by atoms with Crippen molar-refractivity contribution in [3.05, 3.63) is 71.6 Å². The van der Waals surface area contributed by atoms with E-state index in [2.05, 4.69) is 67.4 Å². The van der Waals surface area contributed by atoms with Crippen LogP contribution in [0.5, 0.6) is 0 Å². The van der Waals surface area contributed by atoms with Crippen molar-refractivity contribution in [2.45, 2.75) is 32.4 Å². The zero-order valence-corrected chi connectivity index (χ0v) is 15.0. The third-order valence-corrected chi connectivity index (χ3v) is 4.75. The molecule has 3 aromatic rings. The van der Waals surface area contributed by atoms with Crippen LogP contribution in [0.2, 0.25) is 0 Å². The monoisotopic (exact) mass is 348 g/mol. The lowest BCUT2D eigenvalue weighted by atomic mass is 9.91. The van der Waals surface area contributed by atoms with Crippen LogP contribution < -0.4 is 5.32 Å². The third-order valence-electron chi connectivity index (χ3n) is 4.75. The smallest absolute Gasteiger partial charge is 0.222 e. The first-order valence-electron chi connectivity index (χ1n) is 9.17. The molecule has 4 rings (SSSR count). The number of rotatable bonds is 6. The fourth-order valence-corrected chi connectivity index (χ4v) is 3.48. The molecule has 1 aliphatic rings. The van der Waals surface area contributed by atoms with Crippen molar-refractivity contribution < 1.29 is 0 Å². The van der Waals surface area contributed by atoms with Crippen LogP contribution in [0.3, 0.4) is 0 Å². The molecule has 0 fully saturated rings. The van der Waals surface area contributed by atoms with Crippen LogP contribution in [0, 0.1) is 0 Å². The number of hydrogen-bond acceptors (Lipinski definition) is 5. The van der Waals surface area contributed by atoms with Crippen molar-refractivity contribution in [3.8, 4) is 0 Å². The number of aromatic nitrogens is 4. The van der Waals surface area contributed by atoms with Gasteiger partial charge in [0.1, 0.15) is 0 Å². The summed E-state index contributed by atoms with van der Waals surface area (Å²) in [6.45, 7) is 5.67. The molecule has 0 saturated heterocycles. The Morgan fingerprint density at radius 2 is 1.96 bits per heavy atom. The van der Waals surface area contributed by atoms with Gasteiger partial charge in [0, 0.05) is 50.1 Å². The summed E-state index contributed by atoms with van der Waals surface area (Å²) >= 11 is 0. The van der Waals surface area contributed by atoms with Crippen molar-refractivity contribution in [2.24, 2.45) is 0 Å². The summed E-state index contributed by atoms with van der Waals surface area (Å²) in [6.07, 6.45) is 6.71. The minimum Gasteiger partial charge on any atom is -0.354 e. The van der Waals surface area contributed by atoms with Crippen molar-refractivity contribution >= 4 is 5.95 Å². The Morgan fingerprint density at radius 1 is 1.15 bits per heavy atom. The van der Waals surface area contributed by atoms with E-state index in [9.17, 15) is 0 Å². The number of nitrogens with one attached hydrogen (secondary N) is 2. The summed E-state index contributed by atoms with van der Waals surface area (Å²) in [7, 11) is 0. The van der Waals surface area contributed by atoms with E-state index in [1.54, 1.807) is 6.33 Å². The van der Waals surface area contributed by atoms with E-state index in [-0.39, 0.29) is 5.92 Å². The molecule has 26 heavy (non-hydrogen) atoms. The first kappa shape index (κ1) is 16.7. The standard InChI is InChI=1S/C20H24N6/c1-2-8-21-20-22-9-15(10-23-20)11-26-12-17(16-6-4-3-5-7-16)19-18(13-26)24-14-25-19/h3-7,9-10,14,17H,2,8,11-13H2,1H3,(H,24,25)(H,21,22,23). The average Bonchev–Trinajstić information content (AvgIpc) is 3.16. The highest BCUT2D eigenvalue weighted by Gasteiger charge is 2.28. The molecular weight excluding hydrogens is 324 g/mol. The van der Waals surface area contributed by atoms with Gasteiger partial charge in [0.05, 0.1) is 17.7 Å². The number of nitrogens with zero attached hydrogens (tertiary/aromatic N) is 4. The number of benzene rings is 1. The number of H-pyrrole nitrogens is 1. The zero-order chi connectivity index (χ0) is 17.8. The molecule has 3 heterocycles. The highest BCUT2D eigenvalue weighted by molar-refractivity contribution is 5.33. The van der Waals surface area contributed by atoms with Gasteiger partial charge in [-0.2, -0.15) is 0 Å². The lowest BCUT2D eigenvalue weighted by Gasteiger charge is -2.32. The topological polar surface area (TPSA) is 69.7 Å². The van der Waals surface area contributed by atoms with Crippen molar-refractivity contribution in [1.82, 2.24) is 24.8 Å². The summed E-state index contributed by atoms with van der Waals surface area (Å²) in [6, 6.07) is 10.6. The largest absolute Gasteiger partial charge is 0.354 e. The molecule has 0 saturated carbocycles. The van der Waals surface area contributed by atoms with Gasteiger partial charge in [0.15, 0.2) is 0 Å². The second-order valence-electron chi connectivity index (χ2n) is 6.74. The molecule has 6 nitrogen and oxygen atoms in total. The summed E-state index contributed by atoms with van der Waals surface area (Å²) in [4.78, 5) is 19.2. The number of aromatic amines is 1. The zero-order valence-electron chi connectivity index (χ0n) is 15.0. The summed E-state index contributed by atoms with van der Waals surface area (Å²) in [5.74, 6) is 0.991. The summed E-state index contributed by atoms with van der Waals surface area (Å²) in [5, 5.41) is 3.21. The van der Waals surface area contributed by atoms with Crippen molar-refractivity contribution in [2.75, 3.05) is 18.4 Å². The Balaban J connectivity index is 1.50. The Hall–Kier alpha value is -2.73. The van der Waals surface area contributed by atoms with Crippen molar-refractivity contribution in [3.63, 3.8) is 0 Å². The van der Waals surface area contributed by atoms with Gasteiger partial charge in [-0.25, -0.2) is 15.0 Å². The van der Waals surface area contributed by atoms with Crippen LogP contribution in [0.1, 0.15) is 41.8 Å². The number of anilines is 1. The lowest BCUT2D eigenvalue weighted by molar-refractivity contribution is 0.227. The molecule has 6 heteroatoms. The van der Waals surface area contributed by atoms with E-state index in [1.165, 1.54) is 17.0 Å². The van der Waals surface area contributed by atoms with E-state index < -0.39 is 0 Å². The number of fused-ring (bicyclic) bond motifs is 1. The number of hydrogen-bond donors (Lipinski definition) is 2. The van der Waals surface area contributed by atoms with Crippen LogP contribution in [0.25, 0.3) is 0 Å². The van der Waals surface area contributed by atoms with Crippen LogP contribution in [-0.4, -0.2) is 37.9 Å². The van der Waals surface area contributed by atoms with E-state index in [4.69, 9.17) is 0 Å². The predicted octanol–water partition coefficient (Wildman–Crippen LogP) is 3.17. The minimum atomic E-state index is 0.289. The van der Waals surface area contributed by atoms with E-state index in [0.29, 0.717) is 5.95 Å². The van der Waals surface area contributed by atoms with Gasteiger partial charge in [-0.1, -0.05) is 37.3 Å². The van der Waals surface area contributed by atoms with E-state index >= 15 is 0 Å². The Labute approximate surface area is 153 Å². The van der Waals surface area contributed by atoms with Crippen LogP contribution >= 0.6 is 0 Å². The Bertz CT molecular complexity index is 827. The molecule has 1 aromatic carbocycles. The maximum atomic E-state index is 4.58. The highest BCUT2D eigenvalue weighted by atomic mass is 15.2. The normalized spacial score (nSPS) is 17.0. The molecule has 2 N–H and O–H groups in total. The molecule has 0 radical (unpaired) electrons. The maximum absolute atomic E-state index is 4.58. The quantitative estimate of drug-likeness (QED) is 0.716. The van der Waals surface area contributed by atoms with Gasteiger partial charge in [-0.05, 0) is 12.0 Å². The predicted molar refractivity (Wildman–Crippen MR) is 102 cm³/mol. The first-order valence-corrected chi connectivity index (χ1v) is 9.17. The molecule has 0 spiro atoms. The van der Waals surface area contributed by atoms with Crippen molar-refractivity contribution in [1.29, 1.82) is 0 Å². The average molecular weight is 348 g/mol. The maximum Gasteiger partial charge on any atom is 0.222 e. The molecule has 1 unspecified atom stereocenters. The summed E-state index contributed by atoms with van der Waals surface area (Å²) < 4.78 is 0. The number of imidazole rings is 1. The molecule has 1 aliphatic heterocycles. The molecule has 134 valence electrons. The van der Waals surface area contributed by atoms with Gasteiger partial charge in [0.25, 0.3) is 0 Å². The van der Waals surface area contributed by atoms with Gasteiger partial charge in [0.2, 0.25) is 5.95 Å². The van der Waals surface area contributed by atoms with Crippen LogP contribution in [-0.2, 0) is 13.1 Å². The highest BCUT2D eigenvalue weighted by Crippen LogP contribution is 2.31. The van der Waals surface area contributed by atoms with Gasteiger partial charge >= 0.3 is 0 Å².